The third kappa shape index (κ3) is 3.88. The minimum absolute atomic E-state index is 0.159. The van der Waals surface area contributed by atoms with Gasteiger partial charge in [0, 0.05) is 48.7 Å². The molecule has 2 aliphatic heterocycles. The molecule has 12 nitrogen and oxygen atoms in total. The van der Waals surface area contributed by atoms with Gasteiger partial charge >= 0.3 is 0 Å². The van der Waals surface area contributed by atoms with Gasteiger partial charge in [-0.1, -0.05) is 5.10 Å². The van der Waals surface area contributed by atoms with E-state index in [2.05, 4.69) is 53.9 Å². The van der Waals surface area contributed by atoms with Crippen LogP contribution in [0, 0.1) is 0 Å². The number of carbonyl (C=O) groups is 1. The van der Waals surface area contributed by atoms with Crippen molar-refractivity contribution in [3.8, 4) is 11.3 Å². The number of anilines is 3. The SMILES string of the molecule is CC1=C(C(=O)Nc2ccc3[nH]nc(-c4ccnc(N5CCO[C@H](C)C5)c4)c3c2)C(C)(C)n2nnnc2N1C. The van der Waals surface area contributed by atoms with Crippen LogP contribution in [-0.2, 0) is 15.1 Å². The van der Waals surface area contributed by atoms with Gasteiger partial charge in [-0.15, -0.1) is 0 Å². The minimum Gasteiger partial charge on any atom is -0.375 e. The number of aromatic amines is 1. The summed E-state index contributed by atoms with van der Waals surface area (Å²) >= 11 is 0. The molecule has 3 aromatic heterocycles. The lowest BCUT2D eigenvalue weighted by Crippen LogP contribution is -2.44. The smallest absolute Gasteiger partial charge is 0.255 e. The van der Waals surface area contributed by atoms with Crippen molar-refractivity contribution < 1.29 is 9.53 Å². The quantitative estimate of drug-likeness (QED) is 0.422. The van der Waals surface area contributed by atoms with Crippen molar-refractivity contribution in [1.29, 1.82) is 0 Å². The molecule has 1 fully saturated rings. The number of amides is 1. The second kappa shape index (κ2) is 8.91. The molecule has 38 heavy (non-hydrogen) atoms. The molecule has 1 aromatic carbocycles. The molecular weight excluding hydrogens is 484 g/mol. The Kier molecular flexibility index (Phi) is 5.64. The highest BCUT2D eigenvalue weighted by atomic mass is 16.5. The average molecular weight is 515 g/mol. The second-order valence-electron chi connectivity index (χ2n) is 10.3. The van der Waals surface area contributed by atoms with Gasteiger partial charge in [0.2, 0.25) is 5.95 Å². The van der Waals surface area contributed by atoms with Crippen LogP contribution in [0.3, 0.4) is 0 Å². The number of pyridine rings is 1. The number of rotatable bonds is 4. The van der Waals surface area contributed by atoms with Crippen LogP contribution < -0.4 is 15.1 Å². The fraction of sp³-hybridized carbons (Fsp3) is 0.385. The molecule has 1 saturated heterocycles. The number of fused-ring (bicyclic) bond motifs is 2. The van der Waals surface area contributed by atoms with Crippen LogP contribution in [0.25, 0.3) is 22.2 Å². The fourth-order valence-corrected chi connectivity index (χ4v) is 5.33. The molecule has 0 bridgehead atoms. The van der Waals surface area contributed by atoms with Gasteiger partial charge < -0.3 is 19.9 Å². The van der Waals surface area contributed by atoms with Gasteiger partial charge in [0.1, 0.15) is 11.5 Å². The number of carbonyl (C=O) groups excluding carboxylic acids is 1. The van der Waals surface area contributed by atoms with E-state index in [-0.39, 0.29) is 12.0 Å². The molecule has 6 rings (SSSR count). The van der Waals surface area contributed by atoms with Gasteiger partial charge in [-0.25, -0.2) is 9.67 Å². The van der Waals surface area contributed by atoms with Crippen molar-refractivity contribution in [2.24, 2.45) is 0 Å². The van der Waals surface area contributed by atoms with E-state index in [0.29, 0.717) is 23.8 Å². The first-order chi connectivity index (χ1) is 18.2. The summed E-state index contributed by atoms with van der Waals surface area (Å²) in [5.41, 5.74) is 3.95. The predicted octanol–water partition coefficient (Wildman–Crippen LogP) is 2.93. The summed E-state index contributed by atoms with van der Waals surface area (Å²) in [6, 6.07) is 9.74. The van der Waals surface area contributed by atoms with Crippen LogP contribution in [0.5, 0.6) is 0 Å². The number of H-pyrrole nitrogens is 1. The summed E-state index contributed by atoms with van der Waals surface area (Å²) in [6.45, 7) is 10.1. The molecule has 5 heterocycles. The average Bonchev–Trinajstić information content (AvgIpc) is 3.56. The van der Waals surface area contributed by atoms with E-state index in [1.807, 2.05) is 57.0 Å². The highest BCUT2D eigenvalue weighted by Gasteiger charge is 2.41. The largest absolute Gasteiger partial charge is 0.375 e. The first-order valence-electron chi connectivity index (χ1n) is 12.6. The number of morpholine rings is 1. The van der Waals surface area contributed by atoms with Crippen LogP contribution in [-0.4, -0.2) is 74.1 Å². The maximum atomic E-state index is 13.6. The molecule has 196 valence electrons. The molecule has 0 saturated carbocycles. The normalized spacial score (nSPS) is 19.1. The molecule has 0 spiro atoms. The molecule has 0 unspecified atom stereocenters. The molecule has 1 amide bonds. The molecule has 0 aliphatic carbocycles. The van der Waals surface area contributed by atoms with Gasteiger partial charge in [0.25, 0.3) is 5.91 Å². The first kappa shape index (κ1) is 24.0. The Morgan fingerprint density at radius 3 is 2.89 bits per heavy atom. The Labute approximate surface area is 219 Å². The van der Waals surface area contributed by atoms with Crippen LogP contribution in [0.2, 0.25) is 0 Å². The van der Waals surface area contributed by atoms with E-state index < -0.39 is 5.54 Å². The van der Waals surface area contributed by atoms with Crippen molar-refractivity contribution in [3.63, 3.8) is 0 Å². The highest BCUT2D eigenvalue weighted by molar-refractivity contribution is 6.07. The number of aromatic nitrogens is 7. The lowest BCUT2D eigenvalue weighted by molar-refractivity contribution is -0.113. The summed E-state index contributed by atoms with van der Waals surface area (Å²) in [6.07, 6.45) is 1.97. The summed E-state index contributed by atoms with van der Waals surface area (Å²) < 4.78 is 7.35. The van der Waals surface area contributed by atoms with Crippen molar-refractivity contribution >= 4 is 34.3 Å². The number of hydrogen-bond donors (Lipinski definition) is 2. The molecule has 0 radical (unpaired) electrons. The number of nitrogens with one attached hydrogen (secondary N) is 2. The van der Waals surface area contributed by atoms with Crippen molar-refractivity contribution in [2.75, 3.05) is 41.9 Å². The van der Waals surface area contributed by atoms with E-state index in [0.717, 1.165) is 46.8 Å². The van der Waals surface area contributed by atoms with Gasteiger partial charge in [0.15, 0.2) is 0 Å². The Morgan fingerprint density at radius 1 is 1.24 bits per heavy atom. The molecule has 4 aromatic rings. The highest BCUT2D eigenvalue weighted by Crippen LogP contribution is 2.37. The second-order valence-corrected chi connectivity index (χ2v) is 10.3. The molecule has 2 aliphatic rings. The maximum absolute atomic E-state index is 13.6. The standard InChI is InChI=1S/C26H30N10O2/c1-15-14-35(10-11-38-15)21-12-17(8-9-27-21)23-19-13-18(6-7-20(19)29-30-23)28-24(37)22-16(2)34(5)25-31-32-33-36(25)26(22,3)4/h6-9,12-13,15H,10-11,14H2,1-5H3,(H,28,37)(H,29,30)/t15-/m1/s1. The summed E-state index contributed by atoms with van der Waals surface area (Å²) in [5, 5.41) is 23.7. The van der Waals surface area contributed by atoms with E-state index in [9.17, 15) is 4.79 Å². The number of hydrogen-bond acceptors (Lipinski definition) is 9. The van der Waals surface area contributed by atoms with Crippen molar-refractivity contribution in [1.82, 2.24) is 35.4 Å². The number of tetrazole rings is 1. The van der Waals surface area contributed by atoms with E-state index >= 15 is 0 Å². The van der Waals surface area contributed by atoms with E-state index in [4.69, 9.17) is 4.74 Å². The summed E-state index contributed by atoms with van der Waals surface area (Å²) in [5.74, 6) is 1.28. The zero-order valence-corrected chi connectivity index (χ0v) is 22.1. The van der Waals surface area contributed by atoms with Gasteiger partial charge in [0.05, 0.1) is 29.3 Å². The molecule has 2 N–H and O–H groups in total. The number of nitrogens with zero attached hydrogens (tertiary/aromatic N) is 8. The number of allylic oxidation sites excluding steroid dienone is 1. The minimum atomic E-state index is -0.727. The fourth-order valence-electron chi connectivity index (χ4n) is 5.33. The summed E-state index contributed by atoms with van der Waals surface area (Å²) in [4.78, 5) is 22.3. The van der Waals surface area contributed by atoms with Gasteiger partial charge in [-0.3, -0.25) is 9.89 Å². The van der Waals surface area contributed by atoms with Crippen molar-refractivity contribution in [2.45, 2.75) is 39.3 Å². The topological polar surface area (TPSA) is 130 Å². The van der Waals surface area contributed by atoms with E-state index in [1.54, 1.807) is 10.9 Å². The third-order valence-corrected chi connectivity index (χ3v) is 7.39. The zero-order chi connectivity index (χ0) is 26.6. The van der Waals surface area contributed by atoms with Gasteiger partial charge in [-0.05, 0) is 68.5 Å². The number of benzene rings is 1. The van der Waals surface area contributed by atoms with Gasteiger partial charge in [-0.2, -0.15) is 5.10 Å². The van der Waals surface area contributed by atoms with Crippen LogP contribution in [0.4, 0.5) is 17.5 Å². The monoisotopic (exact) mass is 514 g/mol. The molecular formula is C26H30N10O2. The Morgan fingerprint density at radius 2 is 2.08 bits per heavy atom. The van der Waals surface area contributed by atoms with Crippen molar-refractivity contribution in [3.05, 3.63) is 47.8 Å². The van der Waals surface area contributed by atoms with Crippen LogP contribution in [0.15, 0.2) is 47.8 Å². The molecule has 12 heteroatoms. The van der Waals surface area contributed by atoms with E-state index in [1.165, 1.54) is 0 Å². The third-order valence-electron chi connectivity index (χ3n) is 7.39. The lowest BCUT2D eigenvalue weighted by Gasteiger charge is -2.37. The molecule has 1 atom stereocenters. The first-order valence-corrected chi connectivity index (χ1v) is 12.6. The van der Waals surface area contributed by atoms with Crippen LogP contribution >= 0.6 is 0 Å². The zero-order valence-electron chi connectivity index (χ0n) is 22.1. The Bertz CT molecular complexity index is 1570. The predicted molar refractivity (Wildman–Crippen MR) is 144 cm³/mol. The number of ether oxygens (including phenoxy) is 1. The summed E-state index contributed by atoms with van der Waals surface area (Å²) in [7, 11) is 1.85. The Hall–Kier alpha value is -4.32. The maximum Gasteiger partial charge on any atom is 0.255 e. The van der Waals surface area contributed by atoms with Crippen LogP contribution in [0.1, 0.15) is 27.7 Å². The lowest BCUT2D eigenvalue weighted by atomic mass is 9.89. The Balaban J connectivity index is 1.31.